The molecular weight excluding hydrogens is 1100 g/mol. The highest BCUT2D eigenvalue weighted by atomic mass is 16.4. The summed E-state index contributed by atoms with van der Waals surface area (Å²) in [4.78, 5) is 196. The second-order valence-electron chi connectivity index (χ2n) is 20.3. The molecule has 0 aromatic heterocycles. The number of carboxylic acids is 4. The number of carbonyl (C=O) groups is 15. The zero-order chi connectivity index (χ0) is 63.3. The standard InChI is InChI=1S/C50H84N14O19/c1-5-24(3)39(62-42(74)27(12-7-9-17-51)56-41(73)26(53)15-16-36(67)68)47(79)59-29(20-34(54)65)44(76)60-31(21-35(55)66)49(81)64-19-11-14-33(64)46(78)58-30(22-37(69)70)45(77)57-28(13-8-10-18-52)43(75)63-40(25(4)6-2)48(80)61-32(50(82)83)23-38(71)72/h24-33,39-40H,5-23,51-53H2,1-4H3,(H2,54,65)(H2,55,66)(H,56,73)(H,57,77)(H,58,78)(H,59,79)(H,60,76)(H,61,80)(H,62,74)(H,63,75)(H,67,68)(H,69,70)(H,71,72)(H,82,83)/t24-,25-,26-,27-,28-,29-,30-,31-,32-,33-,39-,40-/m0/s1. The summed E-state index contributed by atoms with van der Waals surface area (Å²) in [5.41, 5.74) is 28.1. The molecule has 83 heavy (non-hydrogen) atoms. The first-order chi connectivity index (χ1) is 38.9. The van der Waals surface area contributed by atoms with Gasteiger partial charge in [0.25, 0.3) is 0 Å². The normalized spacial score (nSPS) is 16.9. The quantitative estimate of drug-likeness (QED) is 0.0254. The van der Waals surface area contributed by atoms with E-state index in [0.29, 0.717) is 19.3 Å². The Hall–Kier alpha value is -8.07. The van der Waals surface area contributed by atoms with E-state index < -0.39 is 193 Å². The van der Waals surface area contributed by atoms with Gasteiger partial charge in [-0.25, -0.2) is 4.79 Å². The van der Waals surface area contributed by atoms with Crippen LogP contribution in [-0.4, -0.2) is 194 Å². The highest BCUT2D eigenvalue weighted by molar-refractivity contribution is 6.01. The van der Waals surface area contributed by atoms with E-state index in [1.165, 1.54) is 6.92 Å². The molecule has 0 unspecified atom stereocenters. The molecule has 33 heteroatoms. The summed E-state index contributed by atoms with van der Waals surface area (Å²) in [6.07, 6.45) is -3.04. The number of amides is 11. The lowest BCUT2D eigenvalue weighted by Gasteiger charge is -2.31. The van der Waals surface area contributed by atoms with Gasteiger partial charge in [0, 0.05) is 13.0 Å². The van der Waals surface area contributed by atoms with Gasteiger partial charge in [-0.1, -0.05) is 40.5 Å². The lowest BCUT2D eigenvalue weighted by molar-refractivity contribution is -0.147. The van der Waals surface area contributed by atoms with Crippen molar-refractivity contribution in [1.29, 1.82) is 0 Å². The van der Waals surface area contributed by atoms with Gasteiger partial charge >= 0.3 is 23.9 Å². The Morgan fingerprint density at radius 2 is 0.880 bits per heavy atom. The van der Waals surface area contributed by atoms with Gasteiger partial charge in [-0.05, 0) is 82.7 Å². The Labute approximate surface area is 478 Å². The van der Waals surface area contributed by atoms with Crippen molar-refractivity contribution in [3.05, 3.63) is 0 Å². The van der Waals surface area contributed by atoms with Crippen LogP contribution < -0.4 is 71.2 Å². The lowest BCUT2D eigenvalue weighted by atomic mass is 9.96. The third kappa shape index (κ3) is 26.2. The lowest BCUT2D eigenvalue weighted by Crippen LogP contribution is -2.61. The van der Waals surface area contributed by atoms with Gasteiger partial charge in [0.2, 0.25) is 65.0 Å². The average Bonchev–Trinajstić information content (AvgIpc) is 3.94. The fourth-order valence-electron chi connectivity index (χ4n) is 8.53. The fourth-order valence-corrected chi connectivity index (χ4v) is 8.53. The smallest absolute Gasteiger partial charge is 0.326 e. The summed E-state index contributed by atoms with van der Waals surface area (Å²) in [6, 6.07) is -16.2. The minimum atomic E-state index is -1.94. The number of nitrogens with two attached hydrogens (primary N) is 5. The largest absolute Gasteiger partial charge is 0.481 e. The summed E-state index contributed by atoms with van der Waals surface area (Å²) in [5.74, 6) is -19.3. The number of likely N-dealkylation sites (tertiary alicyclic amines) is 1. The first kappa shape index (κ1) is 72.9. The van der Waals surface area contributed by atoms with Crippen LogP contribution in [0.15, 0.2) is 0 Å². The van der Waals surface area contributed by atoms with Crippen molar-refractivity contribution >= 4 is 88.9 Å². The first-order valence-electron chi connectivity index (χ1n) is 27.3. The molecule has 12 atom stereocenters. The van der Waals surface area contributed by atoms with Crippen LogP contribution >= 0.6 is 0 Å². The molecule has 0 saturated carbocycles. The van der Waals surface area contributed by atoms with Crippen molar-refractivity contribution in [2.45, 2.75) is 191 Å². The Bertz CT molecular complexity index is 2330. The summed E-state index contributed by atoms with van der Waals surface area (Å²) in [5, 5.41) is 56.3. The number of hydrogen-bond acceptors (Lipinski definition) is 18. The van der Waals surface area contributed by atoms with E-state index in [2.05, 4.69) is 42.5 Å². The maximum absolute atomic E-state index is 14.3. The van der Waals surface area contributed by atoms with Crippen molar-refractivity contribution in [1.82, 2.24) is 47.4 Å². The third-order valence-corrected chi connectivity index (χ3v) is 13.7. The van der Waals surface area contributed by atoms with Crippen LogP contribution in [0.4, 0.5) is 0 Å². The number of carboxylic acid groups (broad SMARTS) is 4. The van der Waals surface area contributed by atoms with Gasteiger partial charge in [0.1, 0.15) is 54.4 Å². The van der Waals surface area contributed by atoms with E-state index >= 15 is 0 Å². The van der Waals surface area contributed by atoms with Crippen molar-refractivity contribution < 1.29 is 92.3 Å². The molecule has 1 rings (SSSR count). The molecule has 0 radical (unpaired) electrons. The molecule has 1 heterocycles. The molecule has 1 saturated heterocycles. The van der Waals surface area contributed by atoms with Crippen molar-refractivity contribution in [3.63, 3.8) is 0 Å². The molecule has 1 fully saturated rings. The molecule has 22 N–H and O–H groups in total. The van der Waals surface area contributed by atoms with Gasteiger partial charge in [0.15, 0.2) is 0 Å². The third-order valence-electron chi connectivity index (χ3n) is 13.7. The van der Waals surface area contributed by atoms with Crippen LogP contribution in [0, 0.1) is 11.8 Å². The summed E-state index contributed by atoms with van der Waals surface area (Å²) in [7, 11) is 0. The molecule has 468 valence electrons. The van der Waals surface area contributed by atoms with Gasteiger partial charge in [-0.2, -0.15) is 0 Å². The molecule has 0 spiro atoms. The number of nitrogens with zero attached hydrogens (tertiary/aromatic N) is 1. The monoisotopic (exact) mass is 1180 g/mol. The number of carbonyl (C=O) groups excluding carboxylic acids is 11. The predicted molar refractivity (Wildman–Crippen MR) is 290 cm³/mol. The molecule has 0 aromatic rings. The maximum Gasteiger partial charge on any atom is 0.326 e. The Morgan fingerprint density at radius 3 is 1.30 bits per heavy atom. The van der Waals surface area contributed by atoms with Crippen molar-refractivity contribution in [2.75, 3.05) is 19.6 Å². The molecule has 0 bridgehead atoms. The van der Waals surface area contributed by atoms with Crippen molar-refractivity contribution in [3.8, 4) is 0 Å². The zero-order valence-corrected chi connectivity index (χ0v) is 47.1. The minimum absolute atomic E-state index is 0.0107. The van der Waals surface area contributed by atoms with Gasteiger partial charge < -0.3 is 96.5 Å². The fraction of sp³-hybridized carbons (Fsp3) is 0.700. The summed E-state index contributed by atoms with van der Waals surface area (Å²) < 4.78 is 0. The van der Waals surface area contributed by atoms with Crippen LogP contribution in [0.2, 0.25) is 0 Å². The first-order valence-corrected chi connectivity index (χ1v) is 27.3. The van der Waals surface area contributed by atoms with Crippen LogP contribution in [-0.2, 0) is 71.9 Å². The van der Waals surface area contributed by atoms with Crippen LogP contribution in [0.1, 0.15) is 130 Å². The maximum atomic E-state index is 14.3. The SMILES string of the molecule is CC[C@H](C)[C@H](NC(=O)[C@H](CCCCN)NC(=O)[C@H](CC(=O)O)NC(=O)[C@@H]1CCCN1C(=O)[C@H](CC(N)=O)NC(=O)[C@H](CC(N)=O)NC(=O)[C@@H](NC(=O)[C@H](CCCCN)NC(=O)[C@@H](N)CCC(=O)O)[C@@H](C)CC)C(=O)N[C@@H](CC(=O)O)C(=O)O. The second kappa shape index (κ2) is 37.1. The molecule has 0 aromatic carbocycles. The van der Waals surface area contributed by atoms with E-state index in [4.69, 9.17) is 38.9 Å². The molecule has 11 amide bonds. The molecular formula is C50H84N14O19. The Balaban J connectivity index is 3.51. The van der Waals surface area contributed by atoms with Gasteiger partial charge in [0.05, 0.1) is 31.7 Å². The molecule has 0 aliphatic carbocycles. The van der Waals surface area contributed by atoms with E-state index in [9.17, 15) is 82.1 Å². The zero-order valence-electron chi connectivity index (χ0n) is 47.1. The Kier molecular flexibility index (Phi) is 32.6. The van der Waals surface area contributed by atoms with Gasteiger partial charge in [-0.15, -0.1) is 0 Å². The molecule has 33 nitrogen and oxygen atoms in total. The van der Waals surface area contributed by atoms with E-state index in [-0.39, 0.29) is 71.0 Å². The second-order valence-corrected chi connectivity index (χ2v) is 20.3. The predicted octanol–water partition coefficient (Wildman–Crippen LogP) is -5.82. The van der Waals surface area contributed by atoms with Crippen LogP contribution in [0.5, 0.6) is 0 Å². The highest BCUT2D eigenvalue weighted by Crippen LogP contribution is 2.21. The number of unbranched alkanes of at least 4 members (excludes halogenated alkanes) is 2. The van der Waals surface area contributed by atoms with Gasteiger partial charge in [-0.3, -0.25) is 67.1 Å². The van der Waals surface area contributed by atoms with E-state index in [1.54, 1.807) is 20.8 Å². The topological polar surface area (TPSA) is 567 Å². The highest BCUT2D eigenvalue weighted by Gasteiger charge is 2.42. The van der Waals surface area contributed by atoms with E-state index in [1.807, 2.05) is 0 Å². The Morgan fingerprint density at radius 1 is 0.482 bits per heavy atom. The number of rotatable bonds is 41. The number of aliphatic carboxylic acids is 4. The van der Waals surface area contributed by atoms with Crippen LogP contribution in [0.3, 0.4) is 0 Å². The molecule has 1 aliphatic heterocycles. The average molecular weight is 1190 g/mol. The van der Waals surface area contributed by atoms with Crippen molar-refractivity contribution in [2.24, 2.45) is 40.5 Å². The summed E-state index contributed by atoms with van der Waals surface area (Å²) >= 11 is 0. The summed E-state index contributed by atoms with van der Waals surface area (Å²) in [6.45, 7) is 6.55. The molecule has 1 aliphatic rings. The van der Waals surface area contributed by atoms with Crippen LogP contribution in [0.25, 0.3) is 0 Å². The minimum Gasteiger partial charge on any atom is -0.481 e. The number of nitrogens with one attached hydrogen (secondary N) is 8. The van der Waals surface area contributed by atoms with E-state index in [0.717, 1.165) is 4.90 Å². The number of hydrogen-bond donors (Lipinski definition) is 17. The number of primary amides is 2.